The van der Waals surface area contributed by atoms with Gasteiger partial charge in [0.05, 0.1) is 16.1 Å². The van der Waals surface area contributed by atoms with Crippen LogP contribution < -0.4 is 9.64 Å². The first-order chi connectivity index (χ1) is 14.8. The number of benzene rings is 1. The first kappa shape index (κ1) is 21.1. The zero-order valence-corrected chi connectivity index (χ0v) is 18.1. The van der Waals surface area contributed by atoms with Crippen molar-refractivity contribution in [2.45, 2.75) is 33.1 Å². The normalized spacial score (nSPS) is 14.7. The van der Waals surface area contributed by atoms with E-state index in [0.717, 1.165) is 25.9 Å². The lowest BCUT2D eigenvalue weighted by Crippen LogP contribution is -2.35. The first-order valence-electron chi connectivity index (χ1n) is 10.1. The summed E-state index contributed by atoms with van der Waals surface area (Å²) in [6.45, 7) is 4.93. The summed E-state index contributed by atoms with van der Waals surface area (Å²) in [7, 11) is 0. The molecule has 0 spiro atoms. The molecule has 3 heterocycles. The van der Waals surface area contributed by atoms with Crippen molar-refractivity contribution in [2.24, 2.45) is 5.92 Å². The van der Waals surface area contributed by atoms with Gasteiger partial charge in [-0.3, -0.25) is 0 Å². The SMILES string of the molecule is CC(=O)CC1CCN(c2nc3nc(Oc4ccc(C)c(C(=O)O)c4)[nH]c3cc2Cl)CC1. The van der Waals surface area contributed by atoms with Crippen molar-refractivity contribution in [1.29, 1.82) is 0 Å². The zero-order valence-electron chi connectivity index (χ0n) is 17.3. The molecule has 0 aliphatic carbocycles. The Kier molecular flexibility index (Phi) is 5.82. The van der Waals surface area contributed by atoms with E-state index in [1.807, 2.05) is 0 Å². The third kappa shape index (κ3) is 4.64. The standard InChI is InChI=1S/C22H23ClN4O4/c1-12-3-4-15(10-16(12)21(29)30)31-22-24-18-11-17(23)20(25-19(18)26-22)27-7-5-14(6-8-27)9-13(2)28/h3-4,10-11,14H,5-9H2,1-2H3,(H,29,30)(H,24,25,26). The van der Waals surface area contributed by atoms with Gasteiger partial charge in [-0.1, -0.05) is 17.7 Å². The van der Waals surface area contributed by atoms with Crippen molar-refractivity contribution < 1.29 is 19.4 Å². The second-order valence-electron chi connectivity index (χ2n) is 7.93. The third-order valence-corrected chi connectivity index (χ3v) is 5.81. The molecule has 162 valence electrons. The maximum absolute atomic E-state index is 11.4. The monoisotopic (exact) mass is 442 g/mol. The molecule has 9 heteroatoms. The quantitative estimate of drug-likeness (QED) is 0.573. The lowest BCUT2D eigenvalue weighted by molar-refractivity contribution is -0.118. The van der Waals surface area contributed by atoms with E-state index in [2.05, 4.69) is 19.9 Å². The molecule has 3 aromatic rings. The average molecular weight is 443 g/mol. The summed E-state index contributed by atoms with van der Waals surface area (Å²) in [4.78, 5) is 36.9. The number of ether oxygens (including phenoxy) is 1. The van der Waals surface area contributed by atoms with Crippen LogP contribution in [-0.4, -0.2) is 44.9 Å². The van der Waals surface area contributed by atoms with Gasteiger partial charge >= 0.3 is 12.0 Å². The van der Waals surface area contributed by atoms with Gasteiger partial charge in [0.2, 0.25) is 0 Å². The van der Waals surface area contributed by atoms with Crippen molar-refractivity contribution >= 4 is 40.3 Å². The molecule has 0 radical (unpaired) electrons. The number of rotatable bonds is 6. The van der Waals surface area contributed by atoms with Crippen LogP contribution in [0.1, 0.15) is 42.1 Å². The highest BCUT2D eigenvalue weighted by molar-refractivity contribution is 6.33. The van der Waals surface area contributed by atoms with Gasteiger partial charge in [0.25, 0.3) is 0 Å². The van der Waals surface area contributed by atoms with E-state index in [9.17, 15) is 14.7 Å². The van der Waals surface area contributed by atoms with Crippen molar-refractivity contribution in [2.75, 3.05) is 18.0 Å². The number of halogens is 1. The largest absolute Gasteiger partial charge is 0.478 e. The molecule has 31 heavy (non-hydrogen) atoms. The fourth-order valence-corrected chi connectivity index (χ4v) is 4.19. The Balaban J connectivity index is 1.54. The van der Waals surface area contributed by atoms with Gasteiger partial charge in [-0.25, -0.2) is 9.78 Å². The van der Waals surface area contributed by atoms with Gasteiger partial charge in [-0.15, -0.1) is 0 Å². The zero-order chi connectivity index (χ0) is 22.1. The number of nitrogens with one attached hydrogen (secondary N) is 1. The average Bonchev–Trinajstić information content (AvgIpc) is 3.10. The molecule has 1 saturated heterocycles. The van der Waals surface area contributed by atoms with Crippen molar-refractivity contribution in [3.63, 3.8) is 0 Å². The van der Waals surface area contributed by atoms with Crippen LogP contribution in [0.3, 0.4) is 0 Å². The summed E-state index contributed by atoms with van der Waals surface area (Å²) < 4.78 is 5.73. The van der Waals surface area contributed by atoms with Gasteiger partial charge in [0.1, 0.15) is 17.4 Å². The Hall–Kier alpha value is -3.13. The molecule has 4 rings (SSSR count). The van der Waals surface area contributed by atoms with Crippen molar-refractivity contribution in [3.8, 4) is 11.8 Å². The number of hydrogen-bond acceptors (Lipinski definition) is 6. The fourth-order valence-electron chi connectivity index (χ4n) is 3.92. The molecule has 0 saturated carbocycles. The van der Waals surface area contributed by atoms with Crippen LogP contribution in [-0.2, 0) is 4.79 Å². The van der Waals surface area contributed by atoms with Crippen LogP contribution in [0.25, 0.3) is 11.2 Å². The minimum Gasteiger partial charge on any atom is -0.478 e. The smallest absolute Gasteiger partial charge is 0.336 e. The molecule has 8 nitrogen and oxygen atoms in total. The number of H-pyrrole nitrogens is 1. The number of aromatic carboxylic acids is 1. The number of anilines is 1. The number of aromatic amines is 1. The Bertz CT molecular complexity index is 1150. The number of carboxylic acids is 1. The lowest BCUT2D eigenvalue weighted by atomic mass is 9.92. The van der Waals surface area contributed by atoms with Crippen LogP contribution in [0, 0.1) is 12.8 Å². The van der Waals surface area contributed by atoms with Gasteiger partial charge in [0, 0.05) is 19.5 Å². The van der Waals surface area contributed by atoms with E-state index in [-0.39, 0.29) is 17.4 Å². The maximum atomic E-state index is 11.4. The van der Waals surface area contributed by atoms with E-state index >= 15 is 0 Å². The summed E-state index contributed by atoms with van der Waals surface area (Å²) in [5.74, 6) is 0.645. The maximum Gasteiger partial charge on any atom is 0.336 e. The molecular weight excluding hydrogens is 420 g/mol. The van der Waals surface area contributed by atoms with E-state index in [4.69, 9.17) is 16.3 Å². The third-order valence-electron chi connectivity index (χ3n) is 5.53. The molecule has 2 N–H and O–H groups in total. The van der Waals surface area contributed by atoms with Crippen molar-refractivity contribution in [1.82, 2.24) is 15.0 Å². The molecule has 0 atom stereocenters. The first-order valence-corrected chi connectivity index (χ1v) is 10.5. The number of imidazole rings is 1. The van der Waals surface area contributed by atoms with Crippen LogP contribution >= 0.6 is 11.6 Å². The van der Waals surface area contributed by atoms with Crippen LogP contribution in [0.5, 0.6) is 11.8 Å². The number of carboxylic acid groups (broad SMARTS) is 1. The Morgan fingerprint density at radius 2 is 2.00 bits per heavy atom. The summed E-state index contributed by atoms with van der Waals surface area (Å²) in [5, 5.41) is 9.80. The highest BCUT2D eigenvalue weighted by Crippen LogP contribution is 2.32. The molecule has 1 fully saturated rings. The highest BCUT2D eigenvalue weighted by Gasteiger charge is 2.23. The van der Waals surface area contributed by atoms with Crippen molar-refractivity contribution in [3.05, 3.63) is 40.4 Å². The van der Waals surface area contributed by atoms with Gasteiger partial charge in [-0.2, -0.15) is 4.98 Å². The number of ketones is 1. The summed E-state index contributed by atoms with van der Waals surface area (Å²) in [6.07, 6.45) is 2.46. The van der Waals surface area contributed by atoms with E-state index in [1.54, 1.807) is 32.0 Å². The number of pyridine rings is 1. The summed E-state index contributed by atoms with van der Waals surface area (Å²) >= 11 is 6.49. The number of hydrogen-bond donors (Lipinski definition) is 2. The number of aryl methyl sites for hydroxylation is 1. The van der Waals surface area contributed by atoms with E-state index in [0.29, 0.717) is 45.7 Å². The number of piperidine rings is 1. The Morgan fingerprint density at radius 1 is 1.26 bits per heavy atom. The topological polar surface area (TPSA) is 108 Å². The minimum absolute atomic E-state index is 0.172. The van der Waals surface area contributed by atoms with Gasteiger partial charge in [0.15, 0.2) is 5.65 Å². The van der Waals surface area contributed by atoms with Gasteiger partial charge in [-0.05, 0) is 56.4 Å². The van der Waals surface area contributed by atoms with Crippen LogP contribution in [0.15, 0.2) is 24.3 Å². The summed E-state index contributed by atoms with van der Waals surface area (Å²) in [5.41, 5.74) is 1.91. The number of nitrogens with zero attached hydrogens (tertiary/aromatic N) is 3. The molecular formula is C22H23ClN4O4. The second kappa shape index (κ2) is 8.55. The van der Waals surface area contributed by atoms with Gasteiger partial charge < -0.3 is 24.5 Å². The Morgan fingerprint density at radius 3 is 2.68 bits per heavy atom. The minimum atomic E-state index is -1.02. The fraction of sp³-hybridized carbons (Fsp3) is 0.364. The molecule has 2 aromatic heterocycles. The van der Waals surface area contributed by atoms with Crippen LogP contribution in [0.2, 0.25) is 5.02 Å². The molecule has 0 amide bonds. The lowest BCUT2D eigenvalue weighted by Gasteiger charge is -2.32. The molecule has 1 aliphatic heterocycles. The molecule has 0 bridgehead atoms. The number of fused-ring (bicyclic) bond motifs is 1. The summed E-state index contributed by atoms with van der Waals surface area (Å²) in [6, 6.07) is 6.80. The number of carbonyl (C=O) groups excluding carboxylic acids is 1. The van der Waals surface area contributed by atoms with Crippen LogP contribution in [0.4, 0.5) is 5.82 Å². The number of Topliss-reactive ketones (excluding diaryl/α,β-unsaturated/α-hetero) is 1. The predicted molar refractivity (Wildman–Crippen MR) is 117 cm³/mol. The number of carbonyl (C=O) groups is 2. The number of aromatic nitrogens is 3. The Labute approximate surface area is 184 Å². The highest BCUT2D eigenvalue weighted by atomic mass is 35.5. The molecule has 1 aliphatic rings. The van der Waals surface area contributed by atoms with E-state index in [1.165, 1.54) is 6.07 Å². The predicted octanol–water partition coefficient (Wildman–Crippen LogP) is 4.61. The molecule has 1 aromatic carbocycles. The second-order valence-corrected chi connectivity index (χ2v) is 8.33. The van der Waals surface area contributed by atoms with E-state index < -0.39 is 5.97 Å². The molecule has 0 unspecified atom stereocenters.